The molecule has 0 aliphatic heterocycles. The Hall–Kier alpha value is -0.940. The Balaban J connectivity index is 4.69. The van der Waals surface area contributed by atoms with Crippen molar-refractivity contribution in [1.29, 1.82) is 0 Å². The lowest BCUT2D eigenvalue weighted by atomic mass is 9.96. The zero-order valence-corrected chi connectivity index (χ0v) is 8.02. The largest absolute Gasteiger partial charge is 0.481 e. The van der Waals surface area contributed by atoms with Gasteiger partial charge in [-0.25, -0.2) is 0 Å². The molecule has 2 atom stereocenters. The maximum absolute atomic E-state index is 11.0. The molecule has 0 fully saturated rings. The second-order valence-electron chi connectivity index (χ2n) is 3.14. The Kier molecular flexibility index (Phi) is 4.58. The van der Waals surface area contributed by atoms with Crippen molar-refractivity contribution in [2.45, 2.75) is 13.0 Å². The van der Waals surface area contributed by atoms with Crippen LogP contribution in [0.5, 0.6) is 0 Å². The van der Waals surface area contributed by atoms with Crippen LogP contribution < -0.4 is 0 Å². The normalized spacial score (nSPS) is 15.5. The van der Waals surface area contributed by atoms with Crippen LogP contribution in [0.2, 0.25) is 0 Å². The molecule has 0 aliphatic rings. The molecular formula is C8H15NO4. The van der Waals surface area contributed by atoms with Crippen molar-refractivity contribution in [1.82, 2.24) is 4.90 Å². The molecule has 2 N–H and O–H groups in total. The Bertz CT molecular complexity index is 188. The minimum absolute atomic E-state index is 0.344. The molecule has 5 nitrogen and oxygen atoms in total. The van der Waals surface area contributed by atoms with Crippen molar-refractivity contribution in [2.24, 2.45) is 5.92 Å². The fraction of sp³-hybridized carbons (Fsp3) is 0.750. The van der Waals surface area contributed by atoms with Crippen LogP contribution in [0, 0.1) is 5.92 Å². The number of aliphatic hydroxyl groups is 1. The van der Waals surface area contributed by atoms with Crippen molar-refractivity contribution < 1.29 is 19.8 Å². The molecule has 0 saturated heterocycles. The van der Waals surface area contributed by atoms with E-state index in [-0.39, 0.29) is 6.61 Å². The van der Waals surface area contributed by atoms with Crippen molar-refractivity contribution in [3.05, 3.63) is 0 Å². The zero-order valence-electron chi connectivity index (χ0n) is 8.02. The van der Waals surface area contributed by atoms with Crippen LogP contribution in [0.4, 0.5) is 0 Å². The molecule has 0 amide bonds. The Morgan fingerprint density at radius 3 is 1.92 bits per heavy atom. The van der Waals surface area contributed by atoms with Gasteiger partial charge in [-0.3, -0.25) is 9.59 Å². The first-order valence-corrected chi connectivity index (χ1v) is 3.92. The molecular weight excluding hydrogens is 174 g/mol. The number of aliphatic hydroxyl groups excluding tert-OH is 1. The number of nitrogens with zero attached hydrogens (tertiary/aromatic N) is 1. The van der Waals surface area contributed by atoms with Crippen LogP contribution in [0.1, 0.15) is 6.92 Å². The summed E-state index contributed by atoms with van der Waals surface area (Å²) in [7, 11) is 3.25. The predicted octanol–water partition coefficient (Wildman–Crippen LogP) is -0.801. The van der Waals surface area contributed by atoms with Crippen molar-refractivity contribution >= 4 is 11.8 Å². The van der Waals surface area contributed by atoms with Gasteiger partial charge in [-0.1, -0.05) is 0 Å². The van der Waals surface area contributed by atoms with Gasteiger partial charge >= 0.3 is 5.97 Å². The molecule has 0 heterocycles. The fourth-order valence-electron chi connectivity index (χ4n) is 1.18. The molecule has 0 rings (SSSR count). The number of likely N-dealkylation sites (N-methyl/N-ethyl adjacent to an activating group) is 1. The first-order valence-electron chi connectivity index (χ1n) is 3.92. The smallest absolute Gasteiger partial charge is 0.315 e. The lowest BCUT2D eigenvalue weighted by molar-refractivity contribution is -0.149. The summed E-state index contributed by atoms with van der Waals surface area (Å²) in [5.41, 5.74) is 0. The van der Waals surface area contributed by atoms with Gasteiger partial charge in [0, 0.05) is 0 Å². The molecule has 5 heteroatoms. The number of carbonyl (C=O) groups is 2. The van der Waals surface area contributed by atoms with Gasteiger partial charge in [-0.05, 0) is 21.0 Å². The third kappa shape index (κ3) is 3.12. The number of carbonyl (C=O) groups excluding carboxylic acids is 1. The number of aliphatic carboxylic acids is 1. The van der Waals surface area contributed by atoms with Gasteiger partial charge in [0.05, 0.1) is 12.6 Å². The van der Waals surface area contributed by atoms with E-state index in [1.807, 2.05) is 0 Å². The fourth-order valence-corrected chi connectivity index (χ4v) is 1.18. The monoisotopic (exact) mass is 189 g/mol. The molecule has 76 valence electrons. The molecule has 2 unspecified atom stereocenters. The summed E-state index contributed by atoms with van der Waals surface area (Å²) in [6.07, 6.45) is 0. The van der Waals surface area contributed by atoms with E-state index in [2.05, 4.69) is 0 Å². The first-order chi connectivity index (χ1) is 5.91. The van der Waals surface area contributed by atoms with Gasteiger partial charge in [-0.15, -0.1) is 0 Å². The van der Waals surface area contributed by atoms with Gasteiger partial charge in [0.1, 0.15) is 11.7 Å². The van der Waals surface area contributed by atoms with Crippen LogP contribution in [0.25, 0.3) is 0 Å². The van der Waals surface area contributed by atoms with Crippen LogP contribution in [-0.2, 0) is 9.59 Å². The van der Waals surface area contributed by atoms with E-state index in [1.165, 1.54) is 11.8 Å². The van der Waals surface area contributed by atoms with Crippen LogP contribution in [0.3, 0.4) is 0 Å². The summed E-state index contributed by atoms with van der Waals surface area (Å²) >= 11 is 0. The van der Waals surface area contributed by atoms with Gasteiger partial charge in [0.25, 0.3) is 0 Å². The highest BCUT2D eigenvalue weighted by atomic mass is 16.4. The third-order valence-electron chi connectivity index (χ3n) is 1.94. The molecule has 13 heavy (non-hydrogen) atoms. The highest BCUT2D eigenvalue weighted by Crippen LogP contribution is 2.10. The maximum atomic E-state index is 11.0. The van der Waals surface area contributed by atoms with Gasteiger partial charge in [-0.2, -0.15) is 0 Å². The average molecular weight is 189 g/mol. The number of hydrogen-bond acceptors (Lipinski definition) is 4. The quantitative estimate of drug-likeness (QED) is 0.553. The summed E-state index contributed by atoms with van der Waals surface area (Å²) in [5, 5.41) is 17.6. The molecule has 0 aliphatic carbocycles. The number of Topliss-reactive ketones (excluding diaryl/α,β-unsaturated/α-hetero) is 1. The minimum atomic E-state index is -1.19. The van der Waals surface area contributed by atoms with Crippen LogP contribution in [0.15, 0.2) is 0 Å². The van der Waals surface area contributed by atoms with Gasteiger partial charge < -0.3 is 15.1 Å². The Morgan fingerprint density at radius 2 is 1.85 bits per heavy atom. The number of ketones is 1. The molecule has 0 bridgehead atoms. The number of carboxylic acid groups (broad SMARTS) is 1. The van der Waals surface area contributed by atoms with Crippen LogP contribution >= 0.6 is 0 Å². The summed E-state index contributed by atoms with van der Waals surface area (Å²) in [5.74, 6) is -2.79. The topological polar surface area (TPSA) is 77.8 Å². The van der Waals surface area contributed by atoms with E-state index in [9.17, 15) is 9.59 Å². The second kappa shape index (κ2) is 4.94. The Labute approximate surface area is 77.0 Å². The van der Waals surface area contributed by atoms with E-state index in [0.717, 1.165) is 0 Å². The molecule has 0 aromatic carbocycles. The summed E-state index contributed by atoms with van der Waals surface area (Å²) in [6, 6.07) is -0.657. The highest BCUT2D eigenvalue weighted by Gasteiger charge is 2.33. The first kappa shape index (κ1) is 12.1. The van der Waals surface area contributed by atoms with E-state index in [0.29, 0.717) is 0 Å². The summed E-state index contributed by atoms with van der Waals surface area (Å²) in [4.78, 5) is 23.2. The van der Waals surface area contributed by atoms with Gasteiger partial charge in [0.2, 0.25) is 0 Å². The number of carboxylic acids is 1. The number of hydrogen-bond donors (Lipinski definition) is 2. The lowest BCUT2D eigenvalue weighted by Crippen LogP contribution is -2.45. The Morgan fingerprint density at radius 1 is 1.38 bits per heavy atom. The van der Waals surface area contributed by atoms with E-state index in [1.54, 1.807) is 14.1 Å². The van der Waals surface area contributed by atoms with Crippen molar-refractivity contribution in [3.8, 4) is 0 Å². The highest BCUT2D eigenvalue weighted by molar-refractivity contribution is 5.97. The lowest BCUT2D eigenvalue weighted by Gasteiger charge is -2.26. The maximum Gasteiger partial charge on any atom is 0.315 e. The SMILES string of the molecule is CC(=O)C(C(=O)O)C(CO)N(C)C. The standard InChI is InChI=1S/C8H15NO4/c1-5(11)7(8(12)13)6(4-10)9(2)3/h6-7,10H,4H2,1-3H3,(H,12,13). The number of rotatable bonds is 5. The van der Waals surface area contributed by atoms with E-state index < -0.39 is 23.7 Å². The van der Waals surface area contributed by atoms with Gasteiger partial charge in [0.15, 0.2) is 0 Å². The molecule has 0 aromatic heterocycles. The summed E-state index contributed by atoms with van der Waals surface area (Å²) in [6.45, 7) is 0.870. The van der Waals surface area contributed by atoms with E-state index in [4.69, 9.17) is 10.2 Å². The minimum Gasteiger partial charge on any atom is -0.481 e. The van der Waals surface area contributed by atoms with Crippen molar-refractivity contribution in [2.75, 3.05) is 20.7 Å². The summed E-state index contributed by atoms with van der Waals surface area (Å²) < 4.78 is 0. The molecule has 0 aromatic rings. The third-order valence-corrected chi connectivity index (χ3v) is 1.94. The van der Waals surface area contributed by atoms with Crippen LogP contribution in [-0.4, -0.2) is 53.6 Å². The average Bonchev–Trinajstić information content (AvgIpc) is 1.97. The predicted molar refractivity (Wildman–Crippen MR) is 46.4 cm³/mol. The van der Waals surface area contributed by atoms with E-state index >= 15 is 0 Å². The van der Waals surface area contributed by atoms with Crippen molar-refractivity contribution in [3.63, 3.8) is 0 Å². The molecule has 0 spiro atoms. The molecule has 0 saturated carbocycles. The zero-order chi connectivity index (χ0) is 10.6. The second-order valence-corrected chi connectivity index (χ2v) is 3.14. The molecule has 0 radical (unpaired) electrons.